The average Bonchev–Trinajstić information content (AvgIpc) is 2.23. The molecule has 0 bridgehead atoms. The molecule has 0 saturated heterocycles. The molecule has 90 valence electrons. The van der Waals surface area contributed by atoms with Crippen molar-refractivity contribution in [3.05, 3.63) is 0 Å². The zero-order chi connectivity index (χ0) is 10.9. The number of rotatable bonds is 0. The smallest absolute Gasteiger partial charge is 0.0540 e. The zero-order valence-electron chi connectivity index (χ0n) is 9.83. The first-order valence-electron chi connectivity index (χ1n) is 6.65. The number of thiol groups is 1. The second kappa shape index (κ2) is 8.46. The number of hydrogen-bond acceptors (Lipinski definition) is 2. The molecule has 0 heterocycles. The van der Waals surface area contributed by atoms with Crippen molar-refractivity contribution >= 4 is 12.6 Å². The third-order valence-corrected chi connectivity index (χ3v) is 3.92. The van der Waals surface area contributed by atoms with Gasteiger partial charge in [-0.1, -0.05) is 44.9 Å². The minimum absolute atomic E-state index is 0.0300. The highest BCUT2D eigenvalue weighted by atomic mass is 32.1. The lowest BCUT2D eigenvalue weighted by Gasteiger charge is -2.09. The van der Waals surface area contributed by atoms with Gasteiger partial charge >= 0.3 is 0 Å². The van der Waals surface area contributed by atoms with Crippen LogP contribution in [0.15, 0.2) is 0 Å². The van der Waals surface area contributed by atoms with Crippen molar-refractivity contribution in [2.75, 3.05) is 0 Å². The van der Waals surface area contributed by atoms with Gasteiger partial charge in [-0.2, -0.15) is 12.6 Å². The standard InChI is InChI=1S/C13H26OS/c14-12-8-4-1-2-6-10-13(15)11-7-3-5-9-12/h12-15H,1-11H2/t12-,13?/m1/s1. The molecule has 15 heavy (non-hydrogen) atoms. The summed E-state index contributed by atoms with van der Waals surface area (Å²) in [4.78, 5) is 0. The van der Waals surface area contributed by atoms with E-state index in [1.165, 1.54) is 57.8 Å². The minimum atomic E-state index is -0.0300. The van der Waals surface area contributed by atoms with E-state index in [2.05, 4.69) is 12.6 Å². The Morgan fingerprint density at radius 1 is 0.667 bits per heavy atom. The van der Waals surface area contributed by atoms with Gasteiger partial charge in [0.1, 0.15) is 0 Å². The summed E-state index contributed by atoms with van der Waals surface area (Å²) in [6, 6.07) is 0. The van der Waals surface area contributed by atoms with Crippen molar-refractivity contribution in [1.82, 2.24) is 0 Å². The van der Waals surface area contributed by atoms with Crippen LogP contribution in [0.1, 0.15) is 70.6 Å². The third kappa shape index (κ3) is 7.24. The van der Waals surface area contributed by atoms with Crippen LogP contribution >= 0.6 is 12.6 Å². The van der Waals surface area contributed by atoms with Crippen LogP contribution in [-0.4, -0.2) is 16.5 Å². The van der Waals surface area contributed by atoms with Crippen LogP contribution in [0.3, 0.4) is 0 Å². The fraction of sp³-hybridized carbons (Fsp3) is 1.00. The van der Waals surface area contributed by atoms with Gasteiger partial charge in [-0.3, -0.25) is 0 Å². The molecule has 0 amide bonds. The fourth-order valence-electron chi connectivity index (χ4n) is 2.34. The zero-order valence-corrected chi connectivity index (χ0v) is 10.7. The molecule has 0 aromatic rings. The van der Waals surface area contributed by atoms with E-state index in [1.807, 2.05) is 0 Å². The van der Waals surface area contributed by atoms with Gasteiger partial charge in [-0.25, -0.2) is 0 Å². The lowest BCUT2D eigenvalue weighted by Crippen LogP contribution is -2.05. The first kappa shape index (κ1) is 13.4. The molecule has 1 rings (SSSR count). The van der Waals surface area contributed by atoms with E-state index in [9.17, 15) is 5.11 Å². The van der Waals surface area contributed by atoms with E-state index in [-0.39, 0.29) is 6.10 Å². The van der Waals surface area contributed by atoms with Gasteiger partial charge in [-0.05, 0) is 25.7 Å². The number of aliphatic hydroxyl groups is 1. The quantitative estimate of drug-likeness (QED) is 0.604. The Kier molecular flexibility index (Phi) is 7.54. The maximum Gasteiger partial charge on any atom is 0.0540 e. The van der Waals surface area contributed by atoms with Crippen LogP contribution < -0.4 is 0 Å². The molecule has 1 fully saturated rings. The maximum atomic E-state index is 9.70. The monoisotopic (exact) mass is 230 g/mol. The van der Waals surface area contributed by atoms with Crippen molar-refractivity contribution in [2.45, 2.75) is 82.0 Å². The molecule has 0 aromatic carbocycles. The molecule has 1 saturated carbocycles. The van der Waals surface area contributed by atoms with E-state index in [0.29, 0.717) is 5.25 Å². The van der Waals surface area contributed by atoms with Crippen molar-refractivity contribution in [3.8, 4) is 0 Å². The van der Waals surface area contributed by atoms with Gasteiger partial charge in [0, 0.05) is 5.25 Å². The predicted octanol–water partition coefficient (Wildman–Crippen LogP) is 3.95. The molecule has 0 spiro atoms. The van der Waals surface area contributed by atoms with Gasteiger partial charge in [0.05, 0.1) is 6.10 Å². The molecule has 2 atom stereocenters. The molecular weight excluding hydrogens is 204 g/mol. The summed E-state index contributed by atoms with van der Waals surface area (Å²) < 4.78 is 0. The van der Waals surface area contributed by atoms with E-state index in [4.69, 9.17) is 0 Å². The van der Waals surface area contributed by atoms with E-state index >= 15 is 0 Å². The molecule has 2 heteroatoms. The first-order chi connectivity index (χ1) is 7.29. The number of aliphatic hydroxyl groups excluding tert-OH is 1. The van der Waals surface area contributed by atoms with Crippen LogP contribution in [0.25, 0.3) is 0 Å². The largest absolute Gasteiger partial charge is 0.393 e. The Labute approximate surface area is 100 Å². The SMILES string of the molecule is O[C@@H]1CCCCCCC(S)CCCCC1. The van der Waals surface area contributed by atoms with Gasteiger partial charge in [0.25, 0.3) is 0 Å². The first-order valence-corrected chi connectivity index (χ1v) is 7.17. The Bertz CT molecular complexity index is 133. The highest BCUT2D eigenvalue weighted by Crippen LogP contribution is 2.19. The van der Waals surface area contributed by atoms with Gasteiger partial charge in [0.2, 0.25) is 0 Å². The second-order valence-electron chi connectivity index (χ2n) is 4.94. The molecular formula is C13H26OS. The maximum absolute atomic E-state index is 9.70. The van der Waals surface area contributed by atoms with Crippen molar-refractivity contribution < 1.29 is 5.11 Å². The normalized spacial score (nSPS) is 32.4. The van der Waals surface area contributed by atoms with Crippen molar-refractivity contribution in [3.63, 3.8) is 0 Å². The van der Waals surface area contributed by atoms with Crippen LogP contribution in [0.2, 0.25) is 0 Å². The molecule has 1 nitrogen and oxygen atoms in total. The highest BCUT2D eigenvalue weighted by Gasteiger charge is 2.07. The lowest BCUT2D eigenvalue weighted by molar-refractivity contribution is 0.147. The number of hydrogen-bond donors (Lipinski definition) is 2. The van der Waals surface area contributed by atoms with Crippen LogP contribution in [0.5, 0.6) is 0 Å². The Morgan fingerprint density at radius 2 is 1.07 bits per heavy atom. The van der Waals surface area contributed by atoms with E-state index in [0.717, 1.165) is 12.8 Å². The lowest BCUT2D eigenvalue weighted by atomic mass is 10.0. The van der Waals surface area contributed by atoms with E-state index < -0.39 is 0 Å². The molecule has 1 N–H and O–H groups in total. The molecule has 0 aliphatic heterocycles. The molecule has 1 unspecified atom stereocenters. The summed E-state index contributed by atoms with van der Waals surface area (Å²) in [5.41, 5.74) is 0. The fourth-order valence-corrected chi connectivity index (χ4v) is 2.70. The Hall–Kier alpha value is 0.310. The van der Waals surface area contributed by atoms with Gasteiger partial charge in [-0.15, -0.1) is 0 Å². The summed E-state index contributed by atoms with van der Waals surface area (Å²) in [5.74, 6) is 0. The molecule has 1 aliphatic rings. The van der Waals surface area contributed by atoms with Gasteiger partial charge in [0.15, 0.2) is 0 Å². The average molecular weight is 230 g/mol. The second-order valence-corrected chi connectivity index (χ2v) is 5.67. The summed E-state index contributed by atoms with van der Waals surface area (Å²) in [6.45, 7) is 0. The molecule has 1 aliphatic carbocycles. The predicted molar refractivity (Wildman–Crippen MR) is 69.6 cm³/mol. The summed E-state index contributed by atoms with van der Waals surface area (Å²) in [7, 11) is 0. The van der Waals surface area contributed by atoms with Crippen molar-refractivity contribution in [1.29, 1.82) is 0 Å². The Morgan fingerprint density at radius 3 is 1.60 bits per heavy atom. The molecule has 0 aromatic heterocycles. The van der Waals surface area contributed by atoms with E-state index in [1.54, 1.807) is 0 Å². The van der Waals surface area contributed by atoms with Crippen molar-refractivity contribution in [2.24, 2.45) is 0 Å². The van der Waals surface area contributed by atoms with Crippen LogP contribution in [-0.2, 0) is 0 Å². The third-order valence-electron chi connectivity index (χ3n) is 3.40. The van der Waals surface area contributed by atoms with Crippen LogP contribution in [0, 0.1) is 0 Å². The highest BCUT2D eigenvalue weighted by molar-refractivity contribution is 7.80. The summed E-state index contributed by atoms with van der Waals surface area (Å²) >= 11 is 4.62. The van der Waals surface area contributed by atoms with Crippen LogP contribution in [0.4, 0.5) is 0 Å². The minimum Gasteiger partial charge on any atom is -0.393 e. The Balaban J connectivity index is 2.20. The summed E-state index contributed by atoms with van der Waals surface area (Å²) in [6.07, 6.45) is 13.4. The summed E-state index contributed by atoms with van der Waals surface area (Å²) in [5, 5.41) is 10.3. The van der Waals surface area contributed by atoms with Gasteiger partial charge < -0.3 is 5.11 Å². The molecule has 0 radical (unpaired) electrons. The topological polar surface area (TPSA) is 20.2 Å².